The van der Waals surface area contributed by atoms with E-state index >= 15 is 0 Å². The Bertz CT molecular complexity index is 465. The zero-order valence-corrected chi connectivity index (χ0v) is 11.6. The second-order valence-corrected chi connectivity index (χ2v) is 7.09. The molecule has 0 spiro atoms. The number of hydrogen-bond donors (Lipinski definition) is 0. The molecule has 4 atom stereocenters. The minimum Gasteiger partial charge on any atom is -0.118 e. The van der Waals surface area contributed by atoms with E-state index in [1.165, 1.54) is 50.5 Å². The van der Waals surface area contributed by atoms with Gasteiger partial charge in [-0.05, 0) is 73.0 Å². The predicted molar refractivity (Wildman–Crippen MR) is 76.0 cm³/mol. The first-order valence-corrected chi connectivity index (χ1v) is 8.00. The van der Waals surface area contributed by atoms with E-state index in [1.54, 1.807) is 11.1 Å². The molecule has 0 saturated heterocycles. The van der Waals surface area contributed by atoms with Crippen LogP contribution in [0, 0.1) is 17.8 Å². The van der Waals surface area contributed by atoms with Gasteiger partial charge in [0, 0.05) is 0 Å². The first-order chi connectivity index (χ1) is 8.81. The molecule has 1 aromatic carbocycles. The van der Waals surface area contributed by atoms with E-state index < -0.39 is 0 Å². The van der Waals surface area contributed by atoms with E-state index in [0.29, 0.717) is 0 Å². The Kier molecular flexibility index (Phi) is 2.69. The van der Waals surface area contributed by atoms with E-state index in [2.05, 4.69) is 18.2 Å². The fraction of sp³-hybridized carbons (Fsp3) is 0.647. The topological polar surface area (TPSA) is 0 Å². The highest BCUT2D eigenvalue weighted by molar-refractivity contribution is 6.21. The van der Waals surface area contributed by atoms with Crippen LogP contribution >= 0.6 is 11.6 Å². The number of fused-ring (bicyclic) bond motifs is 3. The molecule has 96 valence electrons. The lowest BCUT2D eigenvalue weighted by molar-refractivity contribution is 0.323. The Labute approximate surface area is 115 Å². The van der Waals surface area contributed by atoms with Crippen molar-refractivity contribution in [3.05, 3.63) is 34.9 Å². The van der Waals surface area contributed by atoms with Crippen LogP contribution in [0.3, 0.4) is 0 Å². The van der Waals surface area contributed by atoms with Gasteiger partial charge < -0.3 is 0 Å². The van der Waals surface area contributed by atoms with Crippen LogP contribution in [-0.2, 0) is 12.8 Å². The molecule has 0 aliphatic heterocycles. The van der Waals surface area contributed by atoms with Crippen molar-refractivity contribution in [3.63, 3.8) is 0 Å². The Morgan fingerprint density at radius 2 is 1.94 bits per heavy atom. The summed E-state index contributed by atoms with van der Waals surface area (Å²) in [6.07, 6.45) is 9.62. The third-order valence-corrected chi connectivity index (χ3v) is 6.19. The zero-order chi connectivity index (χ0) is 12.1. The first-order valence-electron chi connectivity index (χ1n) is 7.57. The highest BCUT2D eigenvalue weighted by atomic mass is 35.5. The van der Waals surface area contributed by atoms with Crippen molar-refractivity contribution in [3.8, 4) is 0 Å². The van der Waals surface area contributed by atoms with Gasteiger partial charge in [0.25, 0.3) is 0 Å². The van der Waals surface area contributed by atoms with Crippen LogP contribution in [0.25, 0.3) is 0 Å². The third-order valence-electron chi connectivity index (χ3n) is 5.61. The lowest BCUT2D eigenvalue weighted by atomic mass is 9.83. The second kappa shape index (κ2) is 4.27. The monoisotopic (exact) mass is 260 g/mol. The standard InChI is InChI=1S/C17H21Cl/c18-17(16-9-11-4-5-14(16)8-11)15-7-6-12-2-1-3-13(12)10-15/h6-7,10-11,14,16-17H,1-5,8-9H2. The Balaban J connectivity index is 1.59. The molecular weight excluding hydrogens is 240 g/mol. The van der Waals surface area contributed by atoms with E-state index in [4.69, 9.17) is 11.6 Å². The van der Waals surface area contributed by atoms with Crippen molar-refractivity contribution in [1.29, 1.82) is 0 Å². The van der Waals surface area contributed by atoms with Crippen LogP contribution < -0.4 is 0 Å². The van der Waals surface area contributed by atoms with E-state index in [-0.39, 0.29) is 5.38 Å². The van der Waals surface area contributed by atoms with Gasteiger partial charge in [-0.2, -0.15) is 0 Å². The van der Waals surface area contributed by atoms with Gasteiger partial charge in [-0.1, -0.05) is 24.6 Å². The van der Waals surface area contributed by atoms with E-state index in [0.717, 1.165) is 17.8 Å². The molecule has 0 radical (unpaired) electrons. The van der Waals surface area contributed by atoms with Gasteiger partial charge in [-0.15, -0.1) is 11.6 Å². The molecule has 1 heteroatoms. The van der Waals surface area contributed by atoms with Crippen LogP contribution in [0.15, 0.2) is 18.2 Å². The minimum absolute atomic E-state index is 0.270. The fourth-order valence-electron chi connectivity index (χ4n) is 4.66. The maximum absolute atomic E-state index is 6.81. The number of rotatable bonds is 2. The number of aryl methyl sites for hydroxylation is 2. The van der Waals surface area contributed by atoms with Crippen molar-refractivity contribution in [2.75, 3.05) is 0 Å². The summed E-state index contributed by atoms with van der Waals surface area (Å²) >= 11 is 6.81. The molecule has 2 fully saturated rings. The minimum atomic E-state index is 0.270. The zero-order valence-electron chi connectivity index (χ0n) is 10.9. The predicted octanol–water partition coefficient (Wildman–Crippen LogP) is 4.89. The average molecular weight is 261 g/mol. The van der Waals surface area contributed by atoms with Gasteiger partial charge >= 0.3 is 0 Å². The summed E-state index contributed by atoms with van der Waals surface area (Å²) in [6, 6.07) is 7.04. The maximum atomic E-state index is 6.81. The number of halogens is 1. The quantitative estimate of drug-likeness (QED) is 0.664. The van der Waals surface area contributed by atoms with Crippen molar-refractivity contribution < 1.29 is 0 Å². The van der Waals surface area contributed by atoms with Gasteiger partial charge in [0.2, 0.25) is 0 Å². The van der Waals surface area contributed by atoms with E-state index in [9.17, 15) is 0 Å². The van der Waals surface area contributed by atoms with E-state index in [1.807, 2.05) is 0 Å². The summed E-state index contributed by atoms with van der Waals surface area (Å²) in [5.74, 6) is 2.67. The second-order valence-electron chi connectivity index (χ2n) is 6.62. The molecule has 4 unspecified atom stereocenters. The third kappa shape index (κ3) is 1.72. The number of hydrogen-bond acceptors (Lipinski definition) is 0. The molecule has 2 saturated carbocycles. The van der Waals surface area contributed by atoms with Crippen LogP contribution in [-0.4, -0.2) is 0 Å². The van der Waals surface area contributed by atoms with Gasteiger partial charge in [0.15, 0.2) is 0 Å². The molecule has 18 heavy (non-hydrogen) atoms. The van der Waals surface area contributed by atoms with Crippen LogP contribution in [0.2, 0.25) is 0 Å². The lowest BCUT2D eigenvalue weighted by Gasteiger charge is -2.27. The van der Waals surface area contributed by atoms with Crippen molar-refractivity contribution in [2.45, 2.75) is 50.3 Å². The van der Waals surface area contributed by atoms with Crippen LogP contribution in [0.4, 0.5) is 0 Å². The summed E-state index contributed by atoms with van der Waals surface area (Å²) in [4.78, 5) is 0. The normalized spacial score (nSPS) is 34.8. The SMILES string of the molecule is ClC(c1ccc2c(c1)CCC2)C1CC2CCC1C2. The van der Waals surface area contributed by atoms with Crippen LogP contribution in [0.1, 0.15) is 54.2 Å². The van der Waals surface area contributed by atoms with Crippen molar-refractivity contribution in [1.82, 2.24) is 0 Å². The average Bonchev–Trinajstić information content (AvgIpc) is 3.12. The number of alkyl halides is 1. The molecule has 2 bridgehead atoms. The molecule has 3 aliphatic rings. The summed E-state index contributed by atoms with van der Waals surface area (Å²) in [5, 5.41) is 0.270. The Hall–Kier alpha value is -0.490. The first kappa shape index (κ1) is 11.3. The summed E-state index contributed by atoms with van der Waals surface area (Å²) in [6.45, 7) is 0. The summed E-state index contributed by atoms with van der Waals surface area (Å²) in [7, 11) is 0. The number of benzene rings is 1. The largest absolute Gasteiger partial charge is 0.118 e. The van der Waals surface area contributed by atoms with Gasteiger partial charge in [-0.25, -0.2) is 0 Å². The molecule has 0 N–H and O–H groups in total. The highest BCUT2D eigenvalue weighted by Gasteiger charge is 2.43. The Morgan fingerprint density at radius 1 is 1.06 bits per heavy atom. The van der Waals surface area contributed by atoms with Gasteiger partial charge in [-0.3, -0.25) is 0 Å². The van der Waals surface area contributed by atoms with Crippen LogP contribution in [0.5, 0.6) is 0 Å². The Morgan fingerprint density at radius 3 is 2.72 bits per heavy atom. The molecule has 0 aromatic heterocycles. The molecule has 0 heterocycles. The molecule has 0 nitrogen and oxygen atoms in total. The molecular formula is C17H21Cl. The summed E-state index contributed by atoms with van der Waals surface area (Å²) < 4.78 is 0. The molecule has 1 aromatic rings. The van der Waals surface area contributed by atoms with Crippen molar-refractivity contribution >= 4 is 11.6 Å². The van der Waals surface area contributed by atoms with Crippen molar-refractivity contribution in [2.24, 2.45) is 17.8 Å². The highest BCUT2D eigenvalue weighted by Crippen LogP contribution is 2.54. The summed E-state index contributed by atoms with van der Waals surface area (Å²) in [5.41, 5.74) is 4.53. The smallest absolute Gasteiger partial charge is 0.0616 e. The molecule has 0 amide bonds. The van der Waals surface area contributed by atoms with Gasteiger partial charge in [0.05, 0.1) is 5.38 Å². The fourth-order valence-corrected chi connectivity index (χ4v) is 5.11. The lowest BCUT2D eigenvalue weighted by Crippen LogP contribution is -2.16. The van der Waals surface area contributed by atoms with Gasteiger partial charge in [0.1, 0.15) is 0 Å². The molecule has 3 aliphatic carbocycles. The molecule has 4 rings (SSSR count). The maximum Gasteiger partial charge on any atom is 0.0616 e.